The summed E-state index contributed by atoms with van der Waals surface area (Å²) < 4.78 is 39.1. The summed E-state index contributed by atoms with van der Waals surface area (Å²) in [6.07, 6.45) is -5.96. The number of rotatable bonds is 3. The van der Waals surface area contributed by atoms with Gasteiger partial charge in [-0.2, -0.15) is 13.2 Å². The van der Waals surface area contributed by atoms with Gasteiger partial charge in [-0.3, -0.25) is 24.6 Å². The number of hydrogen-bond acceptors (Lipinski definition) is 4. The topological polar surface area (TPSA) is 80.5 Å². The number of carbonyl (C=O) groups excluding carboxylic acids is 2. The predicted octanol–water partition coefficient (Wildman–Crippen LogP) is 2.03. The quantitative estimate of drug-likeness (QED) is 0.483. The third-order valence-corrected chi connectivity index (χ3v) is 4.61. The van der Waals surface area contributed by atoms with Gasteiger partial charge in [0.2, 0.25) is 11.8 Å². The summed E-state index contributed by atoms with van der Waals surface area (Å²) in [6.45, 7) is 0. The first-order valence-electron chi connectivity index (χ1n) is 6.72. The van der Waals surface area contributed by atoms with Gasteiger partial charge < -0.3 is 0 Å². The highest BCUT2D eigenvalue weighted by molar-refractivity contribution is 6.11. The number of fused-ring (bicyclic) bond motifs is 1. The molecule has 9 heteroatoms. The Morgan fingerprint density at radius 2 is 1.83 bits per heavy atom. The van der Waals surface area contributed by atoms with Crippen LogP contribution in [0.5, 0.6) is 0 Å². The number of piperidine rings is 1. The SMILES string of the molecule is CN1C(=O)C2C(C1=O)C2(CC(F)(F)F)c1cccc([N+](=O)[O-])c1. The minimum Gasteiger partial charge on any atom is -0.285 e. The van der Waals surface area contributed by atoms with Crippen molar-refractivity contribution < 1.29 is 27.7 Å². The van der Waals surface area contributed by atoms with E-state index in [1.807, 2.05) is 0 Å². The van der Waals surface area contributed by atoms with E-state index in [4.69, 9.17) is 0 Å². The van der Waals surface area contributed by atoms with Crippen LogP contribution >= 0.6 is 0 Å². The molecule has 2 atom stereocenters. The molecule has 1 aromatic carbocycles. The van der Waals surface area contributed by atoms with E-state index in [-0.39, 0.29) is 11.3 Å². The van der Waals surface area contributed by atoms with Gasteiger partial charge in [0, 0.05) is 24.6 Å². The van der Waals surface area contributed by atoms with Crippen LogP contribution in [0.1, 0.15) is 12.0 Å². The van der Waals surface area contributed by atoms with Crippen molar-refractivity contribution in [3.05, 3.63) is 39.9 Å². The number of hydrogen-bond donors (Lipinski definition) is 0. The van der Waals surface area contributed by atoms with E-state index < -0.39 is 46.6 Å². The summed E-state index contributed by atoms with van der Waals surface area (Å²) in [5.41, 5.74) is -2.10. The zero-order valence-corrected chi connectivity index (χ0v) is 11.8. The number of amides is 2. The largest absolute Gasteiger partial charge is 0.390 e. The molecule has 0 spiro atoms. The Hall–Kier alpha value is -2.45. The lowest BCUT2D eigenvalue weighted by atomic mass is 9.86. The van der Waals surface area contributed by atoms with Crippen LogP contribution < -0.4 is 0 Å². The Morgan fingerprint density at radius 3 is 2.30 bits per heavy atom. The minimum atomic E-state index is -4.60. The predicted molar refractivity (Wildman–Crippen MR) is 70.2 cm³/mol. The normalized spacial score (nSPS) is 29.7. The maximum absolute atomic E-state index is 13.0. The Bertz CT molecular complexity index is 709. The van der Waals surface area contributed by atoms with Crippen LogP contribution in [0.2, 0.25) is 0 Å². The summed E-state index contributed by atoms with van der Waals surface area (Å²) in [6, 6.07) is 4.74. The van der Waals surface area contributed by atoms with Gasteiger partial charge in [-0.25, -0.2) is 0 Å². The average molecular weight is 328 g/mol. The first-order chi connectivity index (χ1) is 10.6. The lowest BCUT2D eigenvalue weighted by Crippen LogP contribution is -2.38. The average Bonchev–Trinajstić information content (AvgIpc) is 3.05. The molecule has 2 aliphatic rings. The molecule has 3 rings (SSSR count). The summed E-state index contributed by atoms with van der Waals surface area (Å²) in [4.78, 5) is 35.1. The highest BCUT2D eigenvalue weighted by Crippen LogP contribution is 2.68. The number of nitro groups is 1. The fourth-order valence-corrected chi connectivity index (χ4v) is 3.61. The van der Waals surface area contributed by atoms with Crippen molar-refractivity contribution in [1.29, 1.82) is 0 Å². The second-order valence-corrected chi connectivity index (χ2v) is 5.83. The molecule has 6 nitrogen and oxygen atoms in total. The number of nitro benzene ring substituents is 1. The molecule has 1 aliphatic carbocycles. The molecule has 122 valence electrons. The van der Waals surface area contributed by atoms with Crippen molar-refractivity contribution in [3.8, 4) is 0 Å². The zero-order valence-electron chi connectivity index (χ0n) is 11.8. The summed E-state index contributed by atoms with van der Waals surface area (Å²) in [7, 11) is 1.22. The van der Waals surface area contributed by atoms with E-state index in [0.717, 1.165) is 17.0 Å². The van der Waals surface area contributed by atoms with E-state index in [2.05, 4.69) is 0 Å². The van der Waals surface area contributed by atoms with E-state index in [1.165, 1.54) is 19.2 Å². The number of carbonyl (C=O) groups is 2. The van der Waals surface area contributed by atoms with Gasteiger partial charge >= 0.3 is 6.18 Å². The summed E-state index contributed by atoms with van der Waals surface area (Å²) in [5.74, 6) is -3.56. The Balaban J connectivity index is 2.10. The van der Waals surface area contributed by atoms with Gasteiger partial charge in [-0.15, -0.1) is 0 Å². The van der Waals surface area contributed by atoms with Gasteiger partial charge in [0.25, 0.3) is 5.69 Å². The number of alkyl halides is 3. The Labute approximate surface area is 128 Å². The third-order valence-electron chi connectivity index (χ3n) is 4.61. The Morgan fingerprint density at radius 1 is 1.26 bits per heavy atom. The second-order valence-electron chi connectivity index (χ2n) is 5.83. The number of halogens is 3. The molecule has 1 aliphatic heterocycles. The minimum absolute atomic E-state index is 0.00817. The molecule has 1 saturated heterocycles. The molecular formula is C14H11F3N2O4. The van der Waals surface area contributed by atoms with Crippen LogP contribution in [0.3, 0.4) is 0 Å². The molecule has 0 aromatic heterocycles. The summed E-state index contributed by atoms with van der Waals surface area (Å²) in [5, 5.41) is 10.9. The van der Waals surface area contributed by atoms with Crippen LogP contribution in [0.25, 0.3) is 0 Å². The van der Waals surface area contributed by atoms with Crippen LogP contribution in [-0.2, 0) is 15.0 Å². The second kappa shape index (κ2) is 4.53. The molecule has 0 bridgehead atoms. The van der Waals surface area contributed by atoms with Crippen LogP contribution in [0, 0.1) is 22.0 Å². The fourth-order valence-electron chi connectivity index (χ4n) is 3.61. The highest BCUT2D eigenvalue weighted by atomic mass is 19.4. The van der Waals surface area contributed by atoms with Gasteiger partial charge in [-0.05, 0) is 5.56 Å². The monoisotopic (exact) mass is 328 g/mol. The zero-order chi connectivity index (χ0) is 17.2. The van der Waals surface area contributed by atoms with Crippen molar-refractivity contribution >= 4 is 17.5 Å². The van der Waals surface area contributed by atoms with Crippen molar-refractivity contribution in [2.24, 2.45) is 11.8 Å². The van der Waals surface area contributed by atoms with E-state index in [9.17, 15) is 32.9 Å². The van der Waals surface area contributed by atoms with Crippen LogP contribution in [0.15, 0.2) is 24.3 Å². The third kappa shape index (κ3) is 2.10. The van der Waals surface area contributed by atoms with Gasteiger partial charge in [0.05, 0.1) is 23.2 Å². The lowest BCUT2D eigenvalue weighted by molar-refractivity contribution is -0.385. The van der Waals surface area contributed by atoms with Crippen molar-refractivity contribution in [2.45, 2.75) is 18.0 Å². The number of imide groups is 1. The molecule has 1 aromatic rings. The first-order valence-corrected chi connectivity index (χ1v) is 6.72. The highest BCUT2D eigenvalue weighted by Gasteiger charge is 2.79. The lowest BCUT2D eigenvalue weighted by Gasteiger charge is -2.25. The van der Waals surface area contributed by atoms with Crippen LogP contribution in [-0.4, -0.2) is 34.9 Å². The molecule has 0 radical (unpaired) electrons. The maximum Gasteiger partial charge on any atom is 0.390 e. The van der Waals surface area contributed by atoms with Crippen molar-refractivity contribution in [2.75, 3.05) is 7.05 Å². The fraction of sp³-hybridized carbons (Fsp3) is 0.429. The summed E-state index contributed by atoms with van der Waals surface area (Å²) >= 11 is 0. The number of non-ortho nitro benzene ring substituents is 1. The van der Waals surface area contributed by atoms with E-state index >= 15 is 0 Å². The van der Waals surface area contributed by atoms with E-state index in [0.29, 0.717) is 0 Å². The maximum atomic E-state index is 13.0. The molecule has 1 heterocycles. The molecule has 2 fully saturated rings. The number of likely N-dealkylation sites (tertiary alicyclic amines) is 1. The molecular weight excluding hydrogens is 317 g/mol. The van der Waals surface area contributed by atoms with Crippen molar-refractivity contribution in [3.63, 3.8) is 0 Å². The standard InChI is InChI=1S/C14H11F3N2O4/c1-18-11(20)9-10(12(18)21)13(9,6-14(15,16)17)7-3-2-4-8(5-7)19(22)23/h2-5,9-10H,6H2,1H3. The van der Waals surface area contributed by atoms with Crippen LogP contribution in [0.4, 0.5) is 18.9 Å². The molecule has 2 unspecified atom stereocenters. The smallest absolute Gasteiger partial charge is 0.285 e. The molecule has 1 saturated carbocycles. The first kappa shape index (κ1) is 15.4. The van der Waals surface area contributed by atoms with Crippen molar-refractivity contribution in [1.82, 2.24) is 4.90 Å². The number of nitrogens with zero attached hydrogens (tertiary/aromatic N) is 2. The van der Waals surface area contributed by atoms with E-state index in [1.54, 1.807) is 0 Å². The molecule has 23 heavy (non-hydrogen) atoms. The van der Waals surface area contributed by atoms with Gasteiger partial charge in [0.1, 0.15) is 0 Å². The van der Waals surface area contributed by atoms with Gasteiger partial charge in [-0.1, -0.05) is 12.1 Å². The Kier molecular flexibility index (Phi) is 3.04. The molecule has 2 amide bonds. The molecule has 0 N–H and O–H groups in total. The van der Waals surface area contributed by atoms with Gasteiger partial charge in [0.15, 0.2) is 0 Å². The number of benzene rings is 1.